The fraction of sp³-hybridized carbons (Fsp3) is 0.111. The van der Waals surface area contributed by atoms with Gasteiger partial charge < -0.3 is 4.57 Å². The molecule has 0 spiro atoms. The van der Waals surface area contributed by atoms with Crippen LogP contribution in [0, 0.1) is 0 Å². The molecule has 1 aliphatic rings. The molecule has 2 aromatic carbocycles. The topological polar surface area (TPSA) is 17.1 Å². The molecular formula is C18H15Br2OP. The first-order valence-corrected chi connectivity index (χ1v) is 10.4. The van der Waals surface area contributed by atoms with E-state index in [0.717, 1.165) is 37.7 Å². The van der Waals surface area contributed by atoms with Crippen LogP contribution in [0.5, 0.6) is 0 Å². The molecule has 1 unspecified atom stereocenters. The van der Waals surface area contributed by atoms with Crippen LogP contribution >= 0.6 is 39.0 Å². The van der Waals surface area contributed by atoms with Crippen LogP contribution in [0.15, 0.2) is 81.0 Å². The molecule has 0 aromatic heterocycles. The largest absolute Gasteiger partial charge is 0.309 e. The summed E-state index contributed by atoms with van der Waals surface area (Å²) in [5.74, 6) is 0. The molecule has 1 aliphatic carbocycles. The Morgan fingerprint density at radius 2 is 1.64 bits per heavy atom. The summed E-state index contributed by atoms with van der Waals surface area (Å²) in [5, 5.41) is 2.64. The van der Waals surface area contributed by atoms with Crippen molar-refractivity contribution in [3.63, 3.8) is 0 Å². The number of hydrogen-bond acceptors (Lipinski definition) is 1. The van der Waals surface area contributed by atoms with Crippen molar-refractivity contribution >= 4 is 49.6 Å². The second kappa shape index (κ2) is 6.70. The van der Waals surface area contributed by atoms with E-state index >= 15 is 0 Å². The van der Waals surface area contributed by atoms with Crippen LogP contribution in [0.1, 0.15) is 12.8 Å². The molecular weight excluding hydrogens is 423 g/mol. The van der Waals surface area contributed by atoms with E-state index in [2.05, 4.69) is 37.9 Å². The molecule has 0 amide bonds. The van der Waals surface area contributed by atoms with Gasteiger partial charge in [-0.1, -0.05) is 80.4 Å². The van der Waals surface area contributed by atoms with E-state index < -0.39 is 7.14 Å². The van der Waals surface area contributed by atoms with Crippen LogP contribution in [0.2, 0.25) is 0 Å². The minimum absolute atomic E-state index is 0.859. The minimum atomic E-state index is -2.84. The molecule has 0 saturated heterocycles. The zero-order chi connectivity index (χ0) is 15.6. The number of rotatable bonds is 3. The summed E-state index contributed by atoms with van der Waals surface area (Å²) < 4.78 is 16.2. The van der Waals surface area contributed by atoms with E-state index in [1.54, 1.807) is 0 Å². The summed E-state index contributed by atoms with van der Waals surface area (Å²) in [6.45, 7) is 0. The van der Waals surface area contributed by atoms with Crippen molar-refractivity contribution in [2.45, 2.75) is 12.8 Å². The van der Waals surface area contributed by atoms with Crippen LogP contribution in [0.3, 0.4) is 0 Å². The van der Waals surface area contributed by atoms with E-state index in [-0.39, 0.29) is 0 Å². The normalized spacial score (nSPS) is 17.4. The van der Waals surface area contributed by atoms with Crippen LogP contribution in [-0.2, 0) is 4.57 Å². The first-order chi connectivity index (χ1) is 10.6. The zero-order valence-electron chi connectivity index (χ0n) is 11.9. The predicted octanol–water partition coefficient (Wildman–Crippen LogP) is 5.72. The Hall–Kier alpha value is -0.890. The van der Waals surface area contributed by atoms with Gasteiger partial charge in [-0.25, -0.2) is 0 Å². The molecule has 0 saturated carbocycles. The van der Waals surface area contributed by atoms with E-state index in [4.69, 9.17) is 0 Å². The van der Waals surface area contributed by atoms with Gasteiger partial charge in [0.15, 0.2) is 7.14 Å². The lowest BCUT2D eigenvalue weighted by molar-refractivity contribution is 0.591. The van der Waals surface area contributed by atoms with Crippen molar-refractivity contribution in [1.82, 2.24) is 0 Å². The molecule has 0 fully saturated rings. The van der Waals surface area contributed by atoms with E-state index in [0.29, 0.717) is 0 Å². The summed E-state index contributed by atoms with van der Waals surface area (Å²) in [4.78, 5) is 0. The third-order valence-corrected chi connectivity index (χ3v) is 7.88. The molecule has 1 nitrogen and oxygen atoms in total. The van der Waals surface area contributed by atoms with Crippen molar-refractivity contribution in [2.24, 2.45) is 0 Å². The van der Waals surface area contributed by atoms with Crippen molar-refractivity contribution in [3.8, 4) is 0 Å². The Bertz CT molecular complexity index is 794. The van der Waals surface area contributed by atoms with E-state index in [1.807, 2.05) is 60.7 Å². The van der Waals surface area contributed by atoms with Crippen LogP contribution in [0.25, 0.3) is 0 Å². The molecule has 3 rings (SSSR count). The van der Waals surface area contributed by atoms with Gasteiger partial charge in [0.05, 0.1) is 0 Å². The maximum Gasteiger partial charge on any atom is 0.170 e. The summed E-state index contributed by atoms with van der Waals surface area (Å²) >= 11 is 7.07. The molecule has 0 aliphatic heterocycles. The number of halogens is 2. The molecule has 112 valence electrons. The number of benzene rings is 2. The molecule has 22 heavy (non-hydrogen) atoms. The minimum Gasteiger partial charge on any atom is -0.309 e. The fourth-order valence-corrected chi connectivity index (χ4v) is 6.68. The molecule has 0 bridgehead atoms. The first-order valence-electron chi connectivity index (χ1n) is 7.09. The highest BCUT2D eigenvalue weighted by molar-refractivity contribution is 9.11. The highest BCUT2D eigenvalue weighted by Crippen LogP contribution is 2.54. The second-order valence-electron chi connectivity index (χ2n) is 5.18. The first kappa shape index (κ1) is 16.0. The van der Waals surface area contributed by atoms with Crippen molar-refractivity contribution in [2.75, 3.05) is 0 Å². The number of allylic oxidation sites excluding steroid dienone is 4. The van der Waals surface area contributed by atoms with Crippen LogP contribution in [-0.4, -0.2) is 0 Å². The summed E-state index contributed by atoms with van der Waals surface area (Å²) in [5.41, 5.74) is 0. The Morgan fingerprint density at radius 1 is 0.909 bits per heavy atom. The van der Waals surface area contributed by atoms with Gasteiger partial charge in [-0.15, -0.1) is 0 Å². The lowest BCUT2D eigenvalue weighted by atomic mass is 10.2. The molecule has 0 N–H and O–H groups in total. The summed E-state index contributed by atoms with van der Waals surface area (Å²) in [6, 6.07) is 17.6. The lowest BCUT2D eigenvalue weighted by Gasteiger charge is -2.23. The van der Waals surface area contributed by atoms with Crippen molar-refractivity contribution < 1.29 is 4.57 Å². The van der Waals surface area contributed by atoms with Gasteiger partial charge in [-0.3, -0.25) is 0 Å². The second-order valence-corrected chi connectivity index (χ2v) is 9.89. The van der Waals surface area contributed by atoms with Crippen molar-refractivity contribution in [3.05, 3.63) is 81.0 Å². The Balaban J connectivity index is 2.24. The van der Waals surface area contributed by atoms with Gasteiger partial charge in [0.25, 0.3) is 0 Å². The predicted molar refractivity (Wildman–Crippen MR) is 102 cm³/mol. The highest BCUT2D eigenvalue weighted by atomic mass is 79.9. The Morgan fingerprint density at radius 3 is 2.32 bits per heavy atom. The number of hydrogen-bond donors (Lipinski definition) is 0. The van der Waals surface area contributed by atoms with Crippen molar-refractivity contribution in [1.29, 1.82) is 0 Å². The van der Waals surface area contributed by atoms with Gasteiger partial charge in [0.2, 0.25) is 0 Å². The van der Waals surface area contributed by atoms with Gasteiger partial charge in [-0.2, -0.15) is 0 Å². The monoisotopic (exact) mass is 436 g/mol. The molecule has 4 heteroatoms. The fourth-order valence-electron chi connectivity index (χ4n) is 2.63. The lowest BCUT2D eigenvalue weighted by Crippen LogP contribution is -2.17. The maximum absolute atomic E-state index is 14.1. The van der Waals surface area contributed by atoms with Gasteiger partial charge in [-0.05, 0) is 35.5 Å². The zero-order valence-corrected chi connectivity index (χ0v) is 15.9. The standard InChI is InChI=1S/C18H15Br2OP/c19-14-6-4-10-17(12-14)22(21,16-8-2-1-3-9-16)18-11-5-7-15(20)13-18/h1-4,6,8-13H,5,7H2. The highest BCUT2D eigenvalue weighted by Gasteiger charge is 2.31. The Kier molecular flexibility index (Phi) is 4.87. The average Bonchev–Trinajstić information content (AvgIpc) is 2.55. The SMILES string of the molecule is O=P(C1=CCCC(Br)=C1)(c1ccccc1)c1cccc(Br)c1. The molecule has 0 radical (unpaired) electrons. The van der Waals surface area contributed by atoms with Gasteiger partial charge >= 0.3 is 0 Å². The van der Waals surface area contributed by atoms with Gasteiger partial charge in [0.1, 0.15) is 0 Å². The molecule has 2 aromatic rings. The molecule has 1 atom stereocenters. The smallest absolute Gasteiger partial charge is 0.170 e. The third kappa shape index (κ3) is 3.08. The molecule has 0 heterocycles. The van der Waals surface area contributed by atoms with E-state index in [1.165, 1.54) is 0 Å². The average molecular weight is 438 g/mol. The van der Waals surface area contributed by atoms with Gasteiger partial charge in [0, 0.05) is 20.4 Å². The quantitative estimate of drug-likeness (QED) is 0.561. The summed E-state index contributed by atoms with van der Waals surface area (Å²) in [6.07, 6.45) is 6.02. The van der Waals surface area contributed by atoms with Crippen LogP contribution in [0.4, 0.5) is 0 Å². The third-order valence-electron chi connectivity index (χ3n) is 3.70. The summed E-state index contributed by atoms with van der Waals surface area (Å²) in [7, 11) is -2.84. The van der Waals surface area contributed by atoms with E-state index in [9.17, 15) is 4.57 Å². The van der Waals surface area contributed by atoms with Crippen LogP contribution < -0.4 is 10.6 Å². The Labute approximate surface area is 147 Å². The maximum atomic E-state index is 14.1.